The highest BCUT2D eigenvalue weighted by Crippen LogP contribution is 2.34. The van der Waals surface area contributed by atoms with Crippen LogP contribution in [0.15, 0.2) is 12.1 Å². The van der Waals surface area contributed by atoms with Gasteiger partial charge >= 0.3 is 6.18 Å². The van der Waals surface area contributed by atoms with Crippen LogP contribution in [0.2, 0.25) is 0 Å². The van der Waals surface area contributed by atoms with E-state index in [-0.39, 0.29) is 11.8 Å². The van der Waals surface area contributed by atoms with E-state index in [1.165, 1.54) is 6.07 Å². The van der Waals surface area contributed by atoms with Gasteiger partial charge < -0.3 is 0 Å². The van der Waals surface area contributed by atoms with Gasteiger partial charge in [0.25, 0.3) is 0 Å². The Morgan fingerprint density at radius 3 is 2.35 bits per heavy atom. The molecule has 0 atom stereocenters. The minimum absolute atomic E-state index is 0.231. The van der Waals surface area contributed by atoms with Gasteiger partial charge in [0.2, 0.25) is 0 Å². The quantitative estimate of drug-likeness (QED) is 0.590. The van der Waals surface area contributed by atoms with Crippen LogP contribution in [0.3, 0.4) is 0 Å². The fourth-order valence-electron chi connectivity index (χ4n) is 1.44. The molecule has 1 rings (SSSR count). The highest BCUT2D eigenvalue weighted by molar-refractivity contribution is 6.00. The molecular weight excluding hydrogens is 235 g/mol. The second-order valence-electron chi connectivity index (χ2n) is 3.24. The van der Waals surface area contributed by atoms with E-state index in [9.17, 15) is 22.8 Å². The van der Waals surface area contributed by atoms with Crippen molar-refractivity contribution in [3.8, 4) is 6.07 Å². The summed E-state index contributed by atoms with van der Waals surface area (Å²) in [5.74, 6) is -0.905. The number of carbonyl (C=O) groups is 2. The number of benzene rings is 1. The zero-order chi connectivity index (χ0) is 13.2. The van der Waals surface area contributed by atoms with Crippen molar-refractivity contribution in [3.05, 3.63) is 34.4 Å². The van der Waals surface area contributed by atoms with Gasteiger partial charge in [-0.1, -0.05) is 0 Å². The number of ketones is 1. The Labute approximate surface area is 94.5 Å². The van der Waals surface area contributed by atoms with E-state index < -0.39 is 28.6 Å². The first-order valence-corrected chi connectivity index (χ1v) is 4.43. The van der Waals surface area contributed by atoms with E-state index in [1.54, 1.807) is 0 Å². The number of Topliss-reactive ketones (excluding diaryl/α,β-unsaturated/α-hetero) is 1. The van der Waals surface area contributed by atoms with Crippen molar-refractivity contribution in [2.75, 3.05) is 0 Å². The summed E-state index contributed by atoms with van der Waals surface area (Å²) in [6.07, 6.45) is -4.50. The average molecular weight is 241 g/mol. The fourth-order valence-corrected chi connectivity index (χ4v) is 1.44. The number of hydrogen-bond acceptors (Lipinski definition) is 3. The summed E-state index contributed by atoms with van der Waals surface area (Å²) in [6, 6.07) is 2.96. The molecule has 0 aliphatic carbocycles. The van der Waals surface area contributed by atoms with Gasteiger partial charge in [0.05, 0.1) is 11.1 Å². The van der Waals surface area contributed by atoms with Crippen LogP contribution < -0.4 is 0 Å². The SMILES string of the molecule is CC(=O)c1c(C(F)(F)F)ccc(C=O)c1C#N. The van der Waals surface area contributed by atoms with E-state index in [0.717, 1.165) is 13.0 Å². The largest absolute Gasteiger partial charge is 0.417 e. The highest BCUT2D eigenvalue weighted by Gasteiger charge is 2.36. The molecule has 0 spiro atoms. The minimum atomic E-state index is -4.74. The summed E-state index contributed by atoms with van der Waals surface area (Å²) >= 11 is 0. The molecule has 0 radical (unpaired) electrons. The molecule has 88 valence electrons. The van der Waals surface area contributed by atoms with Gasteiger partial charge in [0.1, 0.15) is 6.07 Å². The zero-order valence-corrected chi connectivity index (χ0v) is 8.63. The number of carbonyl (C=O) groups excluding carboxylic acids is 2. The summed E-state index contributed by atoms with van der Waals surface area (Å²) in [5, 5.41) is 8.74. The molecule has 3 nitrogen and oxygen atoms in total. The van der Waals surface area contributed by atoms with Crippen molar-refractivity contribution in [2.45, 2.75) is 13.1 Å². The van der Waals surface area contributed by atoms with E-state index >= 15 is 0 Å². The predicted octanol–water partition coefficient (Wildman–Crippen LogP) is 2.59. The molecular formula is C11H6F3NO2. The maximum atomic E-state index is 12.6. The maximum Gasteiger partial charge on any atom is 0.417 e. The molecule has 0 saturated carbocycles. The van der Waals surface area contributed by atoms with Crippen LogP contribution in [-0.4, -0.2) is 12.1 Å². The summed E-state index contributed by atoms with van der Waals surface area (Å²) in [7, 11) is 0. The molecule has 0 N–H and O–H groups in total. The lowest BCUT2D eigenvalue weighted by molar-refractivity contribution is -0.137. The topological polar surface area (TPSA) is 57.9 Å². The molecule has 1 aromatic carbocycles. The second-order valence-corrected chi connectivity index (χ2v) is 3.24. The van der Waals surface area contributed by atoms with Crippen LogP contribution in [0.5, 0.6) is 0 Å². The monoisotopic (exact) mass is 241 g/mol. The standard InChI is InChI=1S/C11H6F3NO2/c1-6(17)10-8(4-15)7(5-16)2-3-9(10)11(12,13)14/h2-3,5H,1H3. The van der Waals surface area contributed by atoms with Crippen molar-refractivity contribution in [1.82, 2.24) is 0 Å². The van der Waals surface area contributed by atoms with Crippen LogP contribution >= 0.6 is 0 Å². The van der Waals surface area contributed by atoms with Gasteiger partial charge in [-0.2, -0.15) is 18.4 Å². The van der Waals surface area contributed by atoms with Gasteiger partial charge in [-0.3, -0.25) is 9.59 Å². The van der Waals surface area contributed by atoms with Gasteiger partial charge in [-0.05, 0) is 19.1 Å². The first-order valence-electron chi connectivity index (χ1n) is 4.43. The van der Waals surface area contributed by atoms with Gasteiger partial charge in [-0.15, -0.1) is 0 Å². The van der Waals surface area contributed by atoms with Crippen LogP contribution in [-0.2, 0) is 6.18 Å². The molecule has 6 heteroatoms. The summed E-state index contributed by atoms with van der Waals surface area (Å²) < 4.78 is 37.8. The summed E-state index contributed by atoms with van der Waals surface area (Å²) in [6.45, 7) is 0.917. The van der Waals surface area contributed by atoms with Gasteiger partial charge in [-0.25, -0.2) is 0 Å². The summed E-state index contributed by atoms with van der Waals surface area (Å²) in [5.41, 5.74) is -2.73. The molecule has 17 heavy (non-hydrogen) atoms. The van der Waals surface area contributed by atoms with E-state index in [4.69, 9.17) is 5.26 Å². The van der Waals surface area contributed by atoms with Gasteiger partial charge in [0.15, 0.2) is 12.1 Å². The zero-order valence-electron chi connectivity index (χ0n) is 8.63. The third kappa shape index (κ3) is 2.33. The highest BCUT2D eigenvalue weighted by atomic mass is 19.4. The molecule has 0 unspecified atom stereocenters. The third-order valence-corrected chi connectivity index (χ3v) is 2.13. The van der Waals surface area contributed by atoms with Crippen LogP contribution in [0.1, 0.15) is 38.8 Å². The van der Waals surface area contributed by atoms with Gasteiger partial charge in [0, 0.05) is 11.1 Å². The van der Waals surface area contributed by atoms with Crippen molar-refractivity contribution < 1.29 is 22.8 Å². The van der Waals surface area contributed by atoms with Crippen LogP contribution in [0.25, 0.3) is 0 Å². The van der Waals surface area contributed by atoms with Crippen molar-refractivity contribution >= 4 is 12.1 Å². The molecule has 0 bridgehead atoms. The lowest BCUT2D eigenvalue weighted by Gasteiger charge is -2.13. The lowest BCUT2D eigenvalue weighted by Crippen LogP contribution is -2.14. The Balaban J connectivity index is 3.73. The van der Waals surface area contributed by atoms with E-state index in [1.807, 2.05) is 0 Å². The fraction of sp³-hybridized carbons (Fsp3) is 0.182. The molecule has 0 amide bonds. The third-order valence-electron chi connectivity index (χ3n) is 2.13. The van der Waals surface area contributed by atoms with E-state index in [0.29, 0.717) is 6.07 Å². The van der Waals surface area contributed by atoms with Crippen LogP contribution in [0.4, 0.5) is 13.2 Å². The smallest absolute Gasteiger partial charge is 0.298 e. The number of alkyl halides is 3. The number of nitriles is 1. The second kappa shape index (κ2) is 4.37. The average Bonchev–Trinajstić information content (AvgIpc) is 2.25. The minimum Gasteiger partial charge on any atom is -0.298 e. The van der Waals surface area contributed by atoms with Crippen molar-refractivity contribution in [1.29, 1.82) is 5.26 Å². The maximum absolute atomic E-state index is 12.6. The van der Waals surface area contributed by atoms with E-state index in [2.05, 4.69) is 0 Å². The molecule has 1 aromatic rings. The van der Waals surface area contributed by atoms with Crippen LogP contribution in [0, 0.1) is 11.3 Å². The van der Waals surface area contributed by atoms with Crippen molar-refractivity contribution in [2.24, 2.45) is 0 Å². The molecule has 0 saturated heterocycles. The van der Waals surface area contributed by atoms with Crippen molar-refractivity contribution in [3.63, 3.8) is 0 Å². The lowest BCUT2D eigenvalue weighted by atomic mass is 9.94. The number of aldehydes is 1. The first-order chi connectivity index (χ1) is 7.82. The predicted molar refractivity (Wildman–Crippen MR) is 51.6 cm³/mol. The molecule has 0 aromatic heterocycles. The molecule has 0 heterocycles. The Hall–Kier alpha value is -2.16. The number of halogens is 3. The Morgan fingerprint density at radius 2 is 2.00 bits per heavy atom. The number of rotatable bonds is 2. The molecule has 0 aliphatic heterocycles. The Kier molecular flexibility index (Phi) is 3.32. The Bertz CT molecular complexity index is 527. The number of hydrogen-bond donors (Lipinski definition) is 0. The Morgan fingerprint density at radius 1 is 1.41 bits per heavy atom. The number of nitrogens with zero attached hydrogens (tertiary/aromatic N) is 1. The molecule has 0 fully saturated rings. The first kappa shape index (κ1) is 12.9. The molecule has 0 aliphatic rings. The summed E-state index contributed by atoms with van der Waals surface area (Å²) in [4.78, 5) is 21.8. The normalized spacial score (nSPS) is 10.8.